The zero-order valence-electron chi connectivity index (χ0n) is 14.2. The first-order chi connectivity index (χ1) is 10.8. The average Bonchev–Trinajstić information content (AvgIpc) is 2.55. The molecular formula is C19H32O3. The molecule has 1 N–H and O–H groups in total. The molecule has 0 spiro atoms. The van der Waals surface area contributed by atoms with E-state index < -0.39 is 5.79 Å². The van der Waals surface area contributed by atoms with Crippen LogP contribution in [0.3, 0.4) is 0 Å². The van der Waals surface area contributed by atoms with Crippen LogP contribution in [0.25, 0.3) is 0 Å². The van der Waals surface area contributed by atoms with Crippen molar-refractivity contribution in [3.63, 3.8) is 0 Å². The molecule has 22 heavy (non-hydrogen) atoms. The molecule has 0 aliphatic heterocycles. The Morgan fingerprint density at radius 2 is 1.55 bits per heavy atom. The summed E-state index contributed by atoms with van der Waals surface area (Å²) >= 11 is 0. The third-order valence-electron chi connectivity index (χ3n) is 3.86. The molecule has 0 radical (unpaired) electrons. The number of hydrogen-bond acceptors (Lipinski definition) is 3. The number of hydrogen-bond donors (Lipinski definition) is 1. The zero-order chi connectivity index (χ0) is 16.1. The van der Waals surface area contributed by atoms with Crippen LogP contribution in [-0.4, -0.2) is 24.1 Å². The molecule has 0 saturated heterocycles. The van der Waals surface area contributed by atoms with Gasteiger partial charge in [-0.1, -0.05) is 63.6 Å². The topological polar surface area (TPSA) is 38.7 Å². The minimum Gasteiger partial charge on any atom is -0.460 e. The number of ether oxygens (including phenoxy) is 2. The maximum atomic E-state index is 9.79. The summed E-state index contributed by atoms with van der Waals surface area (Å²) in [5.41, 5.74) is 0. The van der Waals surface area contributed by atoms with Gasteiger partial charge in [-0.05, 0) is 25.5 Å². The van der Waals surface area contributed by atoms with E-state index in [2.05, 4.69) is 6.92 Å². The van der Waals surface area contributed by atoms with Gasteiger partial charge in [-0.15, -0.1) is 0 Å². The Kier molecular flexibility index (Phi) is 9.93. The fraction of sp³-hybridized carbons (Fsp3) is 0.684. The highest BCUT2D eigenvalue weighted by atomic mass is 16.7. The monoisotopic (exact) mass is 308 g/mol. The smallest absolute Gasteiger partial charge is 0.233 e. The van der Waals surface area contributed by atoms with Crippen LogP contribution in [0.4, 0.5) is 0 Å². The molecule has 0 fully saturated rings. The van der Waals surface area contributed by atoms with Gasteiger partial charge in [0.1, 0.15) is 12.4 Å². The van der Waals surface area contributed by atoms with E-state index in [9.17, 15) is 5.11 Å². The van der Waals surface area contributed by atoms with Crippen molar-refractivity contribution < 1.29 is 14.6 Å². The first-order valence-electron chi connectivity index (χ1n) is 8.75. The van der Waals surface area contributed by atoms with Gasteiger partial charge >= 0.3 is 0 Å². The van der Waals surface area contributed by atoms with E-state index in [4.69, 9.17) is 9.47 Å². The number of rotatable bonds is 13. The molecule has 0 bridgehead atoms. The van der Waals surface area contributed by atoms with Crippen LogP contribution in [-0.2, 0) is 4.74 Å². The Morgan fingerprint density at radius 1 is 0.909 bits per heavy atom. The number of para-hydroxylation sites is 1. The second-order valence-corrected chi connectivity index (χ2v) is 5.79. The molecular weight excluding hydrogens is 276 g/mol. The van der Waals surface area contributed by atoms with Gasteiger partial charge in [0.25, 0.3) is 0 Å². The molecule has 0 aliphatic rings. The van der Waals surface area contributed by atoms with Gasteiger partial charge in [-0.2, -0.15) is 0 Å². The van der Waals surface area contributed by atoms with Crippen LogP contribution in [0, 0.1) is 0 Å². The van der Waals surface area contributed by atoms with Gasteiger partial charge in [0.15, 0.2) is 0 Å². The molecule has 0 saturated carbocycles. The van der Waals surface area contributed by atoms with E-state index in [1.54, 1.807) is 0 Å². The summed E-state index contributed by atoms with van der Waals surface area (Å²) in [5, 5.41) is 9.79. The number of unbranched alkanes of at least 4 members (excludes halogenated alkanes) is 6. The van der Waals surface area contributed by atoms with E-state index in [0.29, 0.717) is 6.61 Å². The highest BCUT2D eigenvalue weighted by molar-refractivity contribution is 5.21. The van der Waals surface area contributed by atoms with Crippen LogP contribution < -0.4 is 4.74 Å². The van der Waals surface area contributed by atoms with Crippen molar-refractivity contribution in [2.75, 3.05) is 13.2 Å². The van der Waals surface area contributed by atoms with Crippen molar-refractivity contribution in [1.29, 1.82) is 0 Å². The summed E-state index contributed by atoms with van der Waals surface area (Å²) in [5.74, 6) is -0.160. The number of benzene rings is 1. The van der Waals surface area contributed by atoms with Crippen molar-refractivity contribution in [1.82, 2.24) is 0 Å². The van der Waals surface area contributed by atoms with Crippen LogP contribution in [0.1, 0.15) is 65.2 Å². The average molecular weight is 308 g/mol. The highest BCUT2D eigenvalue weighted by Crippen LogP contribution is 2.25. The van der Waals surface area contributed by atoms with Crippen LogP contribution >= 0.6 is 0 Å². The Morgan fingerprint density at radius 3 is 2.14 bits per heavy atom. The highest BCUT2D eigenvalue weighted by Gasteiger charge is 2.31. The third-order valence-corrected chi connectivity index (χ3v) is 3.86. The van der Waals surface area contributed by atoms with Crippen LogP contribution in [0.15, 0.2) is 30.3 Å². The van der Waals surface area contributed by atoms with Crippen molar-refractivity contribution in [2.45, 2.75) is 71.0 Å². The molecule has 3 nitrogen and oxygen atoms in total. The van der Waals surface area contributed by atoms with E-state index in [0.717, 1.165) is 25.0 Å². The summed E-state index contributed by atoms with van der Waals surface area (Å²) < 4.78 is 11.7. The van der Waals surface area contributed by atoms with Crippen molar-refractivity contribution in [2.24, 2.45) is 0 Å². The van der Waals surface area contributed by atoms with Gasteiger partial charge in [0.2, 0.25) is 5.79 Å². The van der Waals surface area contributed by atoms with E-state index in [1.807, 2.05) is 37.3 Å². The van der Waals surface area contributed by atoms with Crippen LogP contribution in [0.2, 0.25) is 0 Å². The lowest BCUT2D eigenvalue weighted by Crippen LogP contribution is -2.43. The first-order valence-corrected chi connectivity index (χ1v) is 8.75. The molecule has 1 aromatic carbocycles. The second kappa shape index (κ2) is 11.5. The lowest BCUT2D eigenvalue weighted by atomic mass is 10.0. The van der Waals surface area contributed by atoms with Gasteiger partial charge in [0.05, 0.1) is 0 Å². The Labute approximate surface area is 135 Å². The van der Waals surface area contributed by atoms with E-state index >= 15 is 0 Å². The molecule has 0 aliphatic carbocycles. The molecule has 0 heterocycles. The Bertz CT molecular complexity index is 366. The number of aliphatic hydroxyl groups excluding tert-OH is 1. The largest absolute Gasteiger partial charge is 0.460 e. The summed E-state index contributed by atoms with van der Waals surface area (Å²) in [6.45, 7) is 4.58. The zero-order valence-corrected chi connectivity index (χ0v) is 14.2. The standard InChI is InChI=1S/C19H32O3/c1-3-5-6-7-8-9-13-16-19(17-20,21-4-2)22-18-14-11-10-12-15-18/h10-12,14-15,20H,3-9,13,16-17H2,1-2H3. The molecule has 1 aromatic rings. The van der Waals surface area contributed by atoms with Crippen molar-refractivity contribution in [3.8, 4) is 5.75 Å². The molecule has 0 amide bonds. The first kappa shape index (κ1) is 19.0. The maximum absolute atomic E-state index is 9.79. The molecule has 1 rings (SSSR count). The van der Waals surface area contributed by atoms with Crippen LogP contribution in [0.5, 0.6) is 5.75 Å². The molecule has 1 unspecified atom stereocenters. The Hall–Kier alpha value is -1.06. The number of aliphatic hydroxyl groups is 1. The summed E-state index contributed by atoms with van der Waals surface area (Å²) in [6.07, 6.45) is 9.39. The minimum atomic E-state index is -0.903. The van der Waals surface area contributed by atoms with Gasteiger partial charge in [0, 0.05) is 13.0 Å². The maximum Gasteiger partial charge on any atom is 0.233 e. The molecule has 126 valence electrons. The fourth-order valence-electron chi connectivity index (χ4n) is 2.63. The second-order valence-electron chi connectivity index (χ2n) is 5.79. The molecule has 3 heteroatoms. The van der Waals surface area contributed by atoms with E-state index in [-0.39, 0.29) is 6.61 Å². The lowest BCUT2D eigenvalue weighted by molar-refractivity contribution is -0.207. The summed E-state index contributed by atoms with van der Waals surface area (Å²) in [4.78, 5) is 0. The SMILES string of the molecule is CCCCCCCCCC(CO)(OCC)Oc1ccccc1. The third kappa shape index (κ3) is 7.28. The van der Waals surface area contributed by atoms with Crippen molar-refractivity contribution in [3.05, 3.63) is 30.3 Å². The predicted octanol–water partition coefficient (Wildman–Crippen LogP) is 4.93. The van der Waals surface area contributed by atoms with Gasteiger partial charge in [-0.3, -0.25) is 0 Å². The summed E-state index contributed by atoms with van der Waals surface area (Å²) in [7, 11) is 0. The van der Waals surface area contributed by atoms with E-state index in [1.165, 1.54) is 32.1 Å². The fourth-order valence-corrected chi connectivity index (χ4v) is 2.63. The molecule has 1 atom stereocenters. The Balaban J connectivity index is 2.42. The quantitative estimate of drug-likeness (QED) is 0.415. The molecule has 0 aromatic heterocycles. The van der Waals surface area contributed by atoms with Gasteiger partial charge < -0.3 is 14.6 Å². The predicted molar refractivity (Wildman–Crippen MR) is 91.1 cm³/mol. The summed E-state index contributed by atoms with van der Waals surface area (Å²) in [6, 6.07) is 9.60. The lowest BCUT2D eigenvalue weighted by Gasteiger charge is -2.32. The minimum absolute atomic E-state index is 0.119. The van der Waals surface area contributed by atoms with Crippen molar-refractivity contribution >= 4 is 0 Å². The normalized spacial score (nSPS) is 13.8. The van der Waals surface area contributed by atoms with Gasteiger partial charge in [-0.25, -0.2) is 0 Å².